The van der Waals surface area contributed by atoms with Gasteiger partial charge in [0.1, 0.15) is 0 Å². The molecule has 0 atom stereocenters. The highest BCUT2D eigenvalue weighted by molar-refractivity contribution is 7.13. The minimum atomic E-state index is -0.740. The van der Waals surface area contributed by atoms with Crippen LogP contribution in [0.15, 0.2) is 46.9 Å². The van der Waals surface area contributed by atoms with Crippen LogP contribution in [-0.2, 0) is 0 Å². The predicted octanol–water partition coefficient (Wildman–Crippen LogP) is 4.90. The lowest BCUT2D eigenvalue weighted by molar-refractivity contribution is -0.394. The van der Waals surface area contributed by atoms with Crippen LogP contribution < -0.4 is 14.9 Å². The molecule has 0 saturated carbocycles. The Morgan fingerprint density at radius 2 is 1.90 bits per heavy atom. The maximum atomic E-state index is 11.3. The van der Waals surface area contributed by atoms with Gasteiger partial charge in [0.05, 0.1) is 34.4 Å². The molecule has 0 unspecified atom stereocenters. The van der Waals surface area contributed by atoms with Crippen molar-refractivity contribution in [1.82, 2.24) is 4.98 Å². The van der Waals surface area contributed by atoms with Crippen molar-refractivity contribution in [1.29, 1.82) is 0 Å². The highest BCUT2D eigenvalue weighted by Crippen LogP contribution is 2.38. The lowest BCUT2D eigenvalue weighted by Crippen LogP contribution is -1.99. The van der Waals surface area contributed by atoms with E-state index in [9.17, 15) is 20.2 Å². The summed E-state index contributed by atoms with van der Waals surface area (Å²) in [7, 11) is 0. The molecule has 0 aliphatic carbocycles. The third-order valence-electron chi connectivity index (χ3n) is 3.83. The summed E-state index contributed by atoms with van der Waals surface area (Å²) in [5.41, 5.74) is 3.48. The van der Waals surface area contributed by atoms with Crippen LogP contribution in [0.3, 0.4) is 0 Å². The number of hydrogen-bond acceptors (Lipinski definition) is 10. The Balaban J connectivity index is 1.84. The van der Waals surface area contributed by atoms with Crippen LogP contribution in [-0.4, -0.2) is 27.7 Å². The summed E-state index contributed by atoms with van der Waals surface area (Å²) >= 11 is 1.43. The Morgan fingerprint density at radius 3 is 2.55 bits per heavy atom. The van der Waals surface area contributed by atoms with Gasteiger partial charge in [-0.2, -0.15) is 5.10 Å². The zero-order valence-corrected chi connectivity index (χ0v) is 17.3. The molecule has 12 heteroatoms. The predicted molar refractivity (Wildman–Crippen MR) is 116 cm³/mol. The first-order valence-corrected chi connectivity index (χ1v) is 9.84. The number of nitro benzene ring substituents is 2. The van der Waals surface area contributed by atoms with E-state index in [-0.39, 0.29) is 11.5 Å². The Hall–Kier alpha value is -4.06. The first-order valence-electron chi connectivity index (χ1n) is 8.96. The topological polar surface area (TPSA) is 142 Å². The van der Waals surface area contributed by atoms with Crippen LogP contribution in [0.5, 0.6) is 17.2 Å². The molecule has 1 N–H and O–H groups in total. The quantitative estimate of drug-likeness (QED) is 0.279. The van der Waals surface area contributed by atoms with Crippen LogP contribution >= 0.6 is 11.3 Å². The number of ether oxygens (including phenoxy) is 2. The summed E-state index contributed by atoms with van der Waals surface area (Å²) < 4.78 is 11.2. The molecule has 0 aliphatic heterocycles. The van der Waals surface area contributed by atoms with E-state index < -0.39 is 21.2 Å². The summed E-state index contributed by atoms with van der Waals surface area (Å²) in [6.07, 6.45) is 1.57. The second kappa shape index (κ2) is 9.63. The van der Waals surface area contributed by atoms with Gasteiger partial charge in [-0.15, -0.1) is 11.3 Å². The number of benzene rings is 2. The molecule has 0 radical (unpaired) electrons. The monoisotopic (exact) mass is 443 g/mol. The normalized spacial score (nSPS) is 10.8. The number of aromatic nitrogens is 1. The number of aryl methyl sites for hydroxylation is 1. The number of hydrogen-bond donors (Lipinski definition) is 1. The molecule has 0 fully saturated rings. The molecule has 1 heterocycles. The molecule has 0 aliphatic rings. The second-order valence-electron chi connectivity index (χ2n) is 6.07. The molecule has 160 valence electrons. The zero-order valence-electron chi connectivity index (χ0n) is 16.5. The summed E-state index contributed by atoms with van der Waals surface area (Å²) in [6.45, 7) is 3.99. The van der Waals surface area contributed by atoms with Crippen molar-refractivity contribution in [2.24, 2.45) is 5.10 Å². The van der Waals surface area contributed by atoms with E-state index in [4.69, 9.17) is 9.47 Å². The van der Waals surface area contributed by atoms with Gasteiger partial charge in [0.15, 0.2) is 11.5 Å². The fraction of sp³-hybridized carbons (Fsp3) is 0.158. The molecular weight excluding hydrogens is 426 g/mol. The summed E-state index contributed by atoms with van der Waals surface area (Å²) in [5, 5.41) is 28.9. The molecule has 3 rings (SSSR count). The van der Waals surface area contributed by atoms with Gasteiger partial charge in [-0.3, -0.25) is 25.7 Å². The number of rotatable bonds is 9. The van der Waals surface area contributed by atoms with Gasteiger partial charge in [-0.05, 0) is 43.7 Å². The lowest BCUT2D eigenvalue weighted by Gasteiger charge is -2.12. The molecular formula is C19H17N5O6S. The van der Waals surface area contributed by atoms with Crippen molar-refractivity contribution in [2.45, 2.75) is 13.8 Å². The van der Waals surface area contributed by atoms with Gasteiger partial charge in [-0.25, -0.2) is 4.98 Å². The molecule has 0 amide bonds. The zero-order chi connectivity index (χ0) is 22.4. The van der Waals surface area contributed by atoms with E-state index in [1.807, 2.05) is 12.3 Å². The highest BCUT2D eigenvalue weighted by atomic mass is 32.1. The number of anilines is 1. The van der Waals surface area contributed by atoms with E-state index in [0.717, 1.165) is 17.8 Å². The van der Waals surface area contributed by atoms with Gasteiger partial charge in [0.2, 0.25) is 10.9 Å². The molecule has 1 aromatic heterocycles. The van der Waals surface area contributed by atoms with Crippen LogP contribution in [0.2, 0.25) is 0 Å². The summed E-state index contributed by atoms with van der Waals surface area (Å²) in [4.78, 5) is 25.0. The largest absolute Gasteiger partial charge is 0.490 e. The number of non-ortho nitro benzene ring substituents is 1. The van der Waals surface area contributed by atoms with Crippen LogP contribution in [0.1, 0.15) is 18.2 Å². The number of hydrazone groups is 1. The number of nitrogens with zero attached hydrogens (tertiary/aromatic N) is 4. The van der Waals surface area contributed by atoms with Crippen LogP contribution in [0.4, 0.5) is 16.5 Å². The minimum absolute atomic E-state index is 0.140. The Labute approximate surface area is 180 Å². The lowest BCUT2D eigenvalue weighted by atomic mass is 10.2. The maximum Gasteiger partial charge on any atom is 0.318 e. The van der Waals surface area contributed by atoms with Crippen molar-refractivity contribution in [3.8, 4) is 17.2 Å². The van der Waals surface area contributed by atoms with Crippen LogP contribution in [0, 0.1) is 27.2 Å². The van der Waals surface area contributed by atoms with Gasteiger partial charge in [0, 0.05) is 11.4 Å². The van der Waals surface area contributed by atoms with Crippen molar-refractivity contribution in [3.63, 3.8) is 0 Å². The summed E-state index contributed by atoms with van der Waals surface area (Å²) in [6, 6.07) is 8.09. The Bertz CT molecular complexity index is 1150. The first-order chi connectivity index (χ1) is 14.9. The Morgan fingerprint density at radius 1 is 1.13 bits per heavy atom. The third-order valence-corrected chi connectivity index (χ3v) is 4.70. The average molecular weight is 443 g/mol. The maximum absolute atomic E-state index is 11.3. The molecule has 0 saturated heterocycles. The molecule has 2 aromatic carbocycles. The number of nitrogens with one attached hydrogen (secondary N) is 1. The SMILES string of the molecule is CCOc1cc(C=NNc2nc(C)cs2)ccc1Oc1ccc([N+](=O)[O-])cc1[N+](=O)[O-]. The van der Waals surface area contributed by atoms with Crippen molar-refractivity contribution < 1.29 is 19.3 Å². The fourth-order valence-electron chi connectivity index (χ4n) is 2.49. The van der Waals surface area contributed by atoms with Crippen molar-refractivity contribution in [3.05, 3.63) is 73.3 Å². The fourth-order valence-corrected chi connectivity index (χ4v) is 3.13. The molecule has 0 spiro atoms. The van der Waals surface area contributed by atoms with Crippen molar-refractivity contribution >= 4 is 34.1 Å². The van der Waals surface area contributed by atoms with Gasteiger partial charge in [-0.1, -0.05) is 0 Å². The van der Waals surface area contributed by atoms with Gasteiger partial charge >= 0.3 is 5.69 Å². The van der Waals surface area contributed by atoms with Gasteiger partial charge < -0.3 is 9.47 Å². The van der Waals surface area contributed by atoms with Crippen molar-refractivity contribution in [2.75, 3.05) is 12.0 Å². The van der Waals surface area contributed by atoms with Crippen LogP contribution in [0.25, 0.3) is 0 Å². The molecule has 0 bridgehead atoms. The smallest absolute Gasteiger partial charge is 0.318 e. The summed E-state index contributed by atoms with van der Waals surface area (Å²) in [5.74, 6) is 0.419. The minimum Gasteiger partial charge on any atom is -0.490 e. The number of nitro groups is 2. The molecule has 11 nitrogen and oxygen atoms in total. The van der Waals surface area contributed by atoms with E-state index in [1.54, 1.807) is 31.3 Å². The van der Waals surface area contributed by atoms with E-state index in [0.29, 0.717) is 23.1 Å². The molecule has 3 aromatic rings. The standard InChI is InChI=1S/C19H17N5O6S/c1-3-29-18-8-13(10-20-22-19-21-12(2)11-31-19)4-6-17(18)30-16-7-5-14(23(25)26)9-15(16)24(27)28/h4-11H,3H2,1-2H3,(H,21,22). The molecule has 31 heavy (non-hydrogen) atoms. The number of thiazole rings is 1. The Kier molecular flexibility index (Phi) is 6.72. The van der Waals surface area contributed by atoms with E-state index in [2.05, 4.69) is 15.5 Å². The third kappa shape index (κ3) is 5.51. The van der Waals surface area contributed by atoms with E-state index in [1.165, 1.54) is 17.4 Å². The second-order valence-corrected chi connectivity index (χ2v) is 6.93. The average Bonchev–Trinajstić information content (AvgIpc) is 3.15. The highest BCUT2D eigenvalue weighted by Gasteiger charge is 2.22. The van der Waals surface area contributed by atoms with E-state index >= 15 is 0 Å². The van der Waals surface area contributed by atoms with Gasteiger partial charge in [0.25, 0.3) is 5.69 Å². The first kappa shape index (κ1) is 21.6.